The maximum absolute atomic E-state index is 13.3. The van der Waals surface area contributed by atoms with Crippen LogP contribution in [0.15, 0.2) is 0 Å². The number of nitriles is 1. The van der Waals surface area contributed by atoms with Crippen LogP contribution < -0.4 is 16.0 Å². The maximum atomic E-state index is 13.3. The SMILES string of the molecule is CC1(C)[C@@H]2[C@@H](C(=O)N[C@H](C#N)C[C@@H]3CCCNC3=O)N(C(=O)[C@@H](NC(=O)C(F)(F)F)C3CC3)C[C@@H]21. The van der Waals surface area contributed by atoms with Crippen molar-refractivity contribution < 1.29 is 32.3 Å². The Morgan fingerprint density at radius 2 is 1.91 bits per heavy atom. The fourth-order valence-corrected chi connectivity index (χ4v) is 5.77. The van der Waals surface area contributed by atoms with Crippen LogP contribution in [0.3, 0.4) is 0 Å². The first kappa shape index (κ1) is 25.3. The van der Waals surface area contributed by atoms with E-state index in [0.717, 1.165) is 6.42 Å². The molecule has 12 heteroatoms. The normalized spacial score (nSPS) is 30.9. The number of likely N-dealkylation sites (tertiary alicyclic amines) is 1. The van der Waals surface area contributed by atoms with Crippen LogP contribution in [-0.2, 0) is 19.2 Å². The zero-order valence-corrected chi connectivity index (χ0v) is 19.7. The van der Waals surface area contributed by atoms with Crippen LogP contribution in [0.2, 0.25) is 0 Å². The molecule has 0 unspecified atom stereocenters. The van der Waals surface area contributed by atoms with Crippen LogP contribution in [-0.4, -0.2) is 65.9 Å². The molecule has 9 nitrogen and oxygen atoms in total. The van der Waals surface area contributed by atoms with E-state index in [9.17, 15) is 37.6 Å². The summed E-state index contributed by atoms with van der Waals surface area (Å²) in [6, 6.07) is -1.24. The quantitative estimate of drug-likeness (QED) is 0.480. The van der Waals surface area contributed by atoms with Crippen molar-refractivity contribution in [2.75, 3.05) is 13.1 Å². The molecule has 4 rings (SSSR count). The number of piperidine rings is 2. The van der Waals surface area contributed by atoms with Gasteiger partial charge in [0, 0.05) is 19.0 Å². The number of halogens is 3. The molecule has 4 fully saturated rings. The molecule has 2 aliphatic carbocycles. The van der Waals surface area contributed by atoms with Gasteiger partial charge in [0.15, 0.2) is 0 Å². The van der Waals surface area contributed by atoms with E-state index in [0.29, 0.717) is 25.8 Å². The number of nitrogens with one attached hydrogen (secondary N) is 3. The van der Waals surface area contributed by atoms with Gasteiger partial charge in [-0.3, -0.25) is 19.2 Å². The second kappa shape index (κ2) is 8.99. The molecule has 0 aromatic rings. The summed E-state index contributed by atoms with van der Waals surface area (Å²) < 4.78 is 38.6. The molecule has 2 saturated heterocycles. The summed E-state index contributed by atoms with van der Waals surface area (Å²) in [4.78, 5) is 51.6. The highest BCUT2D eigenvalue weighted by molar-refractivity contribution is 5.95. The molecule has 6 atom stereocenters. The first-order valence-electron chi connectivity index (χ1n) is 12.0. The van der Waals surface area contributed by atoms with E-state index < -0.39 is 53.9 Å². The third-order valence-corrected chi connectivity index (χ3v) is 8.06. The molecule has 2 heterocycles. The second-order valence-corrected chi connectivity index (χ2v) is 10.7. The van der Waals surface area contributed by atoms with Crippen LogP contribution in [0.25, 0.3) is 0 Å². The topological polar surface area (TPSA) is 131 Å². The largest absolute Gasteiger partial charge is 0.471 e. The van der Waals surface area contributed by atoms with Crippen molar-refractivity contribution in [1.29, 1.82) is 5.26 Å². The highest BCUT2D eigenvalue weighted by Crippen LogP contribution is 2.65. The average Bonchev–Trinajstić information content (AvgIpc) is 3.65. The lowest BCUT2D eigenvalue weighted by atomic mass is 9.91. The number of rotatable bonds is 7. The van der Waals surface area contributed by atoms with Gasteiger partial charge in [0.1, 0.15) is 18.1 Å². The van der Waals surface area contributed by atoms with Crippen molar-refractivity contribution in [3.63, 3.8) is 0 Å². The third kappa shape index (κ3) is 4.95. The van der Waals surface area contributed by atoms with Gasteiger partial charge in [0.25, 0.3) is 0 Å². The Morgan fingerprint density at radius 3 is 2.49 bits per heavy atom. The van der Waals surface area contributed by atoms with Gasteiger partial charge in [-0.1, -0.05) is 13.8 Å². The smallest absolute Gasteiger partial charge is 0.356 e. The van der Waals surface area contributed by atoms with Gasteiger partial charge in [-0.2, -0.15) is 18.4 Å². The lowest BCUT2D eigenvalue weighted by Gasteiger charge is -2.34. The van der Waals surface area contributed by atoms with Crippen molar-refractivity contribution >= 4 is 23.6 Å². The number of hydrogen-bond donors (Lipinski definition) is 3. The van der Waals surface area contributed by atoms with E-state index in [1.807, 2.05) is 25.2 Å². The molecule has 2 saturated carbocycles. The number of carbonyl (C=O) groups excluding carboxylic acids is 4. The zero-order chi connectivity index (χ0) is 25.7. The van der Waals surface area contributed by atoms with Gasteiger partial charge in [-0.15, -0.1) is 0 Å². The van der Waals surface area contributed by atoms with Crippen molar-refractivity contribution in [3.05, 3.63) is 0 Å². The van der Waals surface area contributed by atoms with Crippen LogP contribution in [0.5, 0.6) is 0 Å². The fourth-order valence-electron chi connectivity index (χ4n) is 5.77. The highest BCUT2D eigenvalue weighted by atomic mass is 19.4. The minimum atomic E-state index is -5.12. The first-order valence-corrected chi connectivity index (χ1v) is 12.0. The molecule has 0 aromatic carbocycles. The number of nitrogens with zero attached hydrogens (tertiary/aromatic N) is 2. The van der Waals surface area contributed by atoms with Crippen LogP contribution in [0.4, 0.5) is 13.2 Å². The summed E-state index contributed by atoms with van der Waals surface area (Å²) in [5, 5.41) is 16.8. The van der Waals surface area contributed by atoms with Gasteiger partial charge in [0.2, 0.25) is 17.7 Å². The molecule has 0 aromatic heterocycles. The van der Waals surface area contributed by atoms with E-state index in [1.165, 1.54) is 4.90 Å². The molecule has 0 bridgehead atoms. The Hall–Kier alpha value is -2.84. The number of hydrogen-bond acceptors (Lipinski definition) is 5. The molecule has 4 amide bonds. The average molecular weight is 498 g/mol. The van der Waals surface area contributed by atoms with Crippen LogP contribution in [0.1, 0.15) is 46.0 Å². The number of fused-ring (bicyclic) bond motifs is 1. The van der Waals surface area contributed by atoms with Gasteiger partial charge in [-0.25, -0.2) is 0 Å². The Balaban J connectivity index is 1.48. The van der Waals surface area contributed by atoms with Crippen molar-refractivity contribution in [1.82, 2.24) is 20.9 Å². The summed E-state index contributed by atoms with van der Waals surface area (Å²) in [7, 11) is 0. The van der Waals surface area contributed by atoms with Gasteiger partial charge >= 0.3 is 12.1 Å². The number of amides is 4. The van der Waals surface area contributed by atoms with Crippen LogP contribution in [0, 0.1) is 40.4 Å². The Labute approximate surface area is 201 Å². The van der Waals surface area contributed by atoms with Crippen molar-refractivity contribution in [2.45, 2.75) is 70.3 Å². The zero-order valence-electron chi connectivity index (χ0n) is 19.7. The lowest BCUT2D eigenvalue weighted by Crippen LogP contribution is -2.58. The minimum Gasteiger partial charge on any atom is -0.356 e. The van der Waals surface area contributed by atoms with E-state index in [2.05, 4.69) is 10.6 Å². The van der Waals surface area contributed by atoms with E-state index in [-0.39, 0.29) is 36.1 Å². The number of alkyl halides is 3. The molecular weight excluding hydrogens is 467 g/mol. The van der Waals surface area contributed by atoms with Crippen molar-refractivity contribution in [3.8, 4) is 6.07 Å². The predicted octanol–water partition coefficient (Wildman–Crippen LogP) is 0.851. The molecule has 0 spiro atoms. The van der Waals surface area contributed by atoms with E-state index in [4.69, 9.17) is 0 Å². The summed E-state index contributed by atoms with van der Waals surface area (Å²) in [6.07, 6.45) is -2.58. The molecule has 4 aliphatic rings. The maximum Gasteiger partial charge on any atom is 0.471 e. The van der Waals surface area contributed by atoms with Crippen LogP contribution >= 0.6 is 0 Å². The standard InChI is InChI=1S/C23H30F3N5O4/c1-22(2)14-10-31(20(34)16(11-5-6-11)30-21(35)23(24,25)26)17(15(14)22)19(33)29-13(9-27)8-12-4-3-7-28-18(12)32/h11-17H,3-8,10H2,1-2H3,(H,28,32)(H,29,33)(H,30,35)/t12-,13-,14-,15-,16-,17-/m0/s1. The molecule has 0 radical (unpaired) electrons. The third-order valence-electron chi connectivity index (χ3n) is 8.06. The predicted molar refractivity (Wildman–Crippen MR) is 115 cm³/mol. The van der Waals surface area contributed by atoms with Gasteiger partial charge in [0.05, 0.1) is 6.07 Å². The monoisotopic (exact) mass is 497 g/mol. The van der Waals surface area contributed by atoms with E-state index in [1.54, 1.807) is 0 Å². The number of carbonyl (C=O) groups is 4. The van der Waals surface area contributed by atoms with Crippen molar-refractivity contribution in [2.24, 2.45) is 29.1 Å². The molecule has 2 aliphatic heterocycles. The Bertz CT molecular complexity index is 958. The Morgan fingerprint density at radius 1 is 1.23 bits per heavy atom. The molecular formula is C23H30F3N5O4. The minimum absolute atomic E-state index is 0.00923. The summed E-state index contributed by atoms with van der Waals surface area (Å²) in [5.74, 6) is -4.63. The molecule has 3 N–H and O–H groups in total. The molecule has 192 valence electrons. The first-order chi connectivity index (χ1) is 16.4. The van der Waals surface area contributed by atoms with Gasteiger partial charge < -0.3 is 20.9 Å². The van der Waals surface area contributed by atoms with E-state index >= 15 is 0 Å². The summed E-state index contributed by atoms with van der Waals surface area (Å²) in [5.41, 5.74) is -0.242. The summed E-state index contributed by atoms with van der Waals surface area (Å²) >= 11 is 0. The lowest BCUT2D eigenvalue weighted by molar-refractivity contribution is -0.175. The molecule has 35 heavy (non-hydrogen) atoms. The second-order valence-electron chi connectivity index (χ2n) is 10.7. The summed E-state index contributed by atoms with van der Waals surface area (Å²) in [6.45, 7) is 4.69. The highest BCUT2D eigenvalue weighted by Gasteiger charge is 2.70. The fraction of sp³-hybridized carbons (Fsp3) is 0.783. The Kier molecular flexibility index (Phi) is 6.49. The van der Waals surface area contributed by atoms with Gasteiger partial charge in [-0.05, 0) is 55.3 Å².